The largest absolute Gasteiger partial charge is 0.456 e. The van der Waals surface area contributed by atoms with E-state index in [0.717, 1.165) is 38.5 Å². The van der Waals surface area contributed by atoms with Gasteiger partial charge in [-0.3, -0.25) is 0 Å². The highest BCUT2D eigenvalue weighted by molar-refractivity contribution is 6.30. The average molecular weight is 331 g/mol. The molecule has 116 valence electrons. The van der Waals surface area contributed by atoms with Crippen LogP contribution in [0.2, 0.25) is 5.02 Å². The Kier molecular flexibility index (Phi) is 3.94. The SMILES string of the molecule is Clc1ccc(C(=Cc2ccccc2)c2cc3ccccc3o2)cc1. The van der Waals surface area contributed by atoms with Crippen LogP contribution in [0.25, 0.3) is 22.6 Å². The van der Waals surface area contributed by atoms with Crippen LogP contribution >= 0.6 is 11.6 Å². The molecular formula is C22H15ClO. The minimum atomic E-state index is 0.724. The van der Waals surface area contributed by atoms with Crippen LogP contribution in [0.15, 0.2) is 89.3 Å². The minimum absolute atomic E-state index is 0.724. The van der Waals surface area contributed by atoms with Crippen molar-refractivity contribution in [2.45, 2.75) is 0 Å². The zero-order valence-electron chi connectivity index (χ0n) is 12.9. The normalized spacial score (nSPS) is 11.8. The summed E-state index contributed by atoms with van der Waals surface area (Å²) in [4.78, 5) is 0. The Hall–Kier alpha value is -2.77. The molecule has 0 saturated carbocycles. The van der Waals surface area contributed by atoms with E-state index in [9.17, 15) is 0 Å². The number of hydrogen-bond donors (Lipinski definition) is 0. The van der Waals surface area contributed by atoms with E-state index in [-0.39, 0.29) is 0 Å². The summed E-state index contributed by atoms with van der Waals surface area (Å²) in [7, 11) is 0. The second-order valence-corrected chi connectivity index (χ2v) is 6.06. The van der Waals surface area contributed by atoms with E-state index in [1.807, 2.05) is 60.7 Å². The zero-order valence-corrected chi connectivity index (χ0v) is 13.7. The molecule has 0 saturated heterocycles. The van der Waals surface area contributed by atoms with E-state index < -0.39 is 0 Å². The Morgan fingerprint density at radius 3 is 2.25 bits per heavy atom. The van der Waals surface area contributed by atoms with Crippen molar-refractivity contribution >= 4 is 34.2 Å². The Bertz CT molecular complexity index is 962. The third-order valence-corrected chi connectivity index (χ3v) is 4.21. The molecule has 0 aliphatic rings. The Balaban J connectivity index is 1.89. The number of rotatable bonds is 3. The van der Waals surface area contributed by atoms with Crippen molar-refractivity contribution in [3.05, 3.63) is 107 Å². The van der Waals surface area contributed by atoms with Crippen molar-refractivity contribution in [3.63, 3.8) is 0 Å². The highest BCUT2D eigenvalue weighted by Crippen LogP contribution is 2.31. The average Bonchev–Trinajstić information content (AvgIpc) is 3.05. The van der Waals surface area contributed by atoms with Gasteiger partial charge in [0.1, 0.15) is 11.3 Å². The molecule has 3 aromatic carbocycles. The van der Waals surface area contributed by atoms with E-state index >= 15 is 0 Å². The lowest BCUT2D eigenvalue weighted by Gasteiger charge is -2.06. The Morgan fingerprint density at radius 2 is 1.50 bits per heavy atom. The second-order valence-electron chi connectivity index (χ2n) is 5.62. The van der Waals surface area contributed by atoms with Gasteiger partial charge in [0.2, 0.25) is 0 Å². The molecule has 0 amide bonds. The molecule has 0 aliphatic carbocycles. The van der Waals surface area contributed by atoms with Crippen LogP contribution in [0.3, 0.4) is 0 Å². The summed E-state index contributed by atoms with van der Waals surface area (Å²) in [5.41, 5.74) is 4.12. The van der Waals surface area contributed by atoms with Gasteiger partial charge >= 0.3 is 0 Å². The van der Waals surface area contributed by atoms with Gasteiger partial charge in [0.25, 0.3) is 0 Å². The molecule has 4 aromatic rings. The monoisotopic (exact) mass is 330 g/mol. The summed E-state index contributed by atoms with van der Waals surface area (Å²) in [5.74, 6) is 0.849. The van der Waals surface area contributed by atoms with Crippen molar-refractivity contribution in [1.82, 2.24) is 0 Å². The number of furan rings is 1. The maximum atomic E-state index is 6.09. The topological polar surface area (TPSA) is 13.1 Å². The molecular weight excluding hydrogens is 316 g/mol. The Labute approximate surface area is 145 Å². The zero-order chi connectivity index (χ0) is 16.4. The lowest BCUT2D eigenvalue weighted by atomic mass is 10.0. The molecule has 0 fully saturated rings. The summed E-state index contributed by atoms with van der Waals surface area (Å²) in [6, 6.07) is 28.2. The molecule has 1 aromatic heterocycles. The molecule has 0 N–H and O–H groups in total. The molecule has 1 nitrogen and oxygen atoms in total. The van der Waals surface area contributed by atoms with Crippen molar-refractivity contribution in [2.24, 2.45) is 0 Å². The molecule has 2 heteroatoms. The Morgan fingerprint density at radius 1 is 0.792 bits per heavy atom. The van der Waals surface area contributed by atoms with Gasteiger partial charge in [-0.1, -0.05) is 72.3 Å². The first kappa shape index (κ1) is 14.8. The molecule has 1 heterocycles. The summed E-state index contributed by atoms with van der Waals surface area (Å²) in [6.45, 7) is 0. The quantitative estimate of drug-likeness (QED) is 0.382. The van der Waals surface area contributed by atoms with E-state index in [1.165, 1.54) is 0 Å². The summed E-state index contributed by atoms with van der Waals surface area (Å²) < 4.78 is 6.09. The van der Waals surface area contributed by atoms with Crippen LogP contribution in [0.1, 0.15) is 16.9 Å². The van der Waals surface area contributed by atoms with E-state index in [4.69, 9.17) is 16.0 Å². The molecule has 24 heavy (non-hydrogen) atoms. The number of halogens is 1. The maximum absolute atomic E-state index is 6.09. The molecule has 0 radical (unpaired) electrons. The molecule has 0 bridgehead atoms. The fourth-order valence-corrected chi connectivity index (χ4v) is 2.88. The maximum Gasteiger partial charge on any atom is 0.136 e. The van der Waals surface area contributed by atoms with Crippen LogP contribution in [-0.4, -0.2) is 0 Å². The lowest BCUT2D eigenvalue weighted by molar-refractivity contribution is 0.601. The number of hydrogen-bond acceptors (Lipinski definition) is 1. The molecule has 0 aliphatic heterocycles. The number of fused-ring (bicyclic) bond motifs is 1. The van der Waals surface area contributed by atoms with Crippen LogP contribution in [-0.2, 0) is 0 Å². The van der Waals surface area contributed by atoms with Gasteiger partial charge in [-0.25, -0.2) is 0 Å². The summed E-state index contributed by atoms with van der Waals surface area (Å²) in [5, 5.41) is 1.82. The summed E-state index contributed by atoms with van der Waals surface area (Å²) >= 11 is 6.04. The summed E-state index contributed by atoms with van der Waals surface area (Å²) in [6.07, 6.45) is 2.14. The lowest BCUT2D eigenvalue weighted by Crippen LogP contribution is -1.86. The van der Waals surface area contributed by atoms with Crippen LogP contribution in [0, 0.1) is 0 Å². The van der Waals surface area contributed by atoms with E-state index in [2.05, 4.69) is 30.3 Å². The molecule has 0 unspecified atom stereocenters. The highest BCUT2D eigenvalue weighted by Gasteiger charge is 2.11. The van der Waals surface area contributed by atoms with Crippen molar-refractivity contribution in [1.29, 1.82) is 0 Å². The van der Waals surface area contributed by atoms with Crippen molar-refractivity contribution in [2.75, 3.05) is 0 Å². The molecule has 4 rings (SSSR count). The second kappa shape index (κ2) is 6.38. The molecule has 0 spiro atoms. The van der Waals surface area contributed by atoms with Gasteiger partial charge in [-0.2, -0.15) is 0 Å². The van der Waals surface area contributed by atoms with Gasteiger partial charge in [0, 0.05) is 16.0 Å². The van der Waals surface area contributed by atoms with Crippen molar-refractivity contribution in [3.8, 4) is 0 Å². The van der Waals surface area contributed by atoms with Gasteiger partial charge in [0.15, 0.2) is 0 Å². The van der Waals surface area contributed by atoms with Crippen LogP contribution < -0.4 is 0 Å². The standard InChI is InChI=1S/C22H15ClO/c23-19-12-10-17(11-13-19)20(14-16-6-2-1-3-7-16)22-15-18-8-4-5-9-21(18)24-22/h1-15H. The predicted octanol–water partition coefficient (Wildman–Crippen LogP) is 6.68. The van der Waals surface area contributed by atoms with E-state index in [1.54, 1.807) is 0 Å². The third kappa shape index (κ3) is 2.99. The van der Waals surface area contributed by atoms with Gasteiger partial charge in [-0.05, 0) is 41.5 Å². The van der Waals surface area contributed by atoms with Crippen LogP contribution in [0.5, 0.6) is 0 Å². The van der Waals surface area contributed by atoms with Crippen molar-refractivity contribution < 1.29 is 4.42 Å². The smallest absolute Gasteiger partial charge is 0.136 e. The predicted molar refractivity (Wildman–Crippen MR) is 101 cm³/mol. The van der Waals surface area contributed by atoms with Gasteiger partial charge in [0.05, 0.1) is 0 Å². The van der Waals surface area contributed by atoms with Crippen LogP contribution in [0.4, 0.5) is 0 Å². The fraction of sp³-hybridized carbons (Fsp3) is 0. The van der Waals surface area contributed by atoms with E-state index in [0.29, 0.717) is 0 Å². The first-order valence-corrected chi connectivity index (χ1v) is 8.19. The van der Waals surface area contributed by atoms with Gasteiger partial charge in [-0.15, -0.1) is 0 Å². The fourth-order valence-electron chi connectivity index (χ4n) is 2.76. The third-order valence-electron chi connectivity index (χ3n) is 3.96. The first-order chi connectivity index (χ1) is 11.8. The van der Waals surface area contributed by atoms with Gasteiger partial charge < -0.3 is 4.42 Å². The molecule has 0 atom stereocenters. The minimum Gasteiger partial charge on any atom is -0.456 e. The number of para-hydroxylation sites is 1. The number of benzene rings is 3. The first-order valence-electron chi connectivity index (χ1n) is 7.81. The highest BCUT2D eigenvalue weighted by atomic mass is 35.5.